The Balaban J connectivity index is 2.04. The fourth-order valence-electron chi connectivity index (χ4n) is 2.83. The normalized spacial score (nSPS) is 10.2. The van der Waals surface area contributed by atoms with Gasteiger partial charge in [0.05, 0.1) is 12.7 Å². The first-order valence-electron chi connectivity index (χ1n) is 8.65. The van der Waals surface area contributed by atoms with Gasteiger partial charge in [-0.15, -0.1) is 0 Å². The van der Waals surface area contributed by atoms with E-state index in [4.69, 9.17) is 0 Å². The zero-order valence-corrected chi connectivity index (χ0v) is 16.0. The molecule has 6 heteroatoms. The summed E-state index contributed by atoms with van der Waals surface area (Å²) in [7, 11) is 1.30. The fraction of sp³-hybridized carbons (Fsp3) is 0.286. The van der Waals surface area contributed by atoms with Crippen LogP contribution in [0.5, 0.6) is 0 Å². The number of hydrogen-bond donors (Lipinski definition) is 1. The third-order valence-electron chi connectivity index (χ3n) is 4.15. The number of carbonyl (C=O) groups is 3. The molecule has 2 amide bonds. The zero-order valence-electron chi connectivity index (χ0n) is 16.0. The maximum absolute atomic E-state index is 12.3. The van der Waals surface area contributed by atoms with Crippen LogP contribution in [0.3, 0.4) is 0 Å². The molecule has 0 aliphatic heterocycles. The van der Waals surface area contributed by atoms with Gasteiger partial charge in [0.15, 0.2) is 0 Å². The molecular weight excluding hydrogens is 344 g/mol. The summed E-state index contributed by atoms with van der Waals surface area (Å²) in [5.74, 6) is -0.834. The third kappa shape index (κ3) is 5.41. The van der Waals surface area contributed by atoms with E-state index in [9.17, 15) is 14.4 Å². The lowest BCUT2D eigenvalue weighted by atomic mass is 10.1. The van der Waals surface area contributed by atoms with Crippen LogP contribution in [0.4, 0.5) is 11.4 Å². The number of amides is 2. The third-order valence-corrected chi connectivity index (χ3v) is 4.15. The molecule has 1 N–H and O–H groups in total. The van der Waals surface area contributed by atoms with E-state index in [1.54, 1.807) is 29.2 Å². The molecule has 0 bridgehead atoms. The van der Waals surface area contributed by atoms with Crippen LogP contribution in [-0.2, 0) is 14.3 Å². The van der Waals surface area contributed by atoms with Gasteiger partial charge in [-0.2, -0.15) is 0 Å². The number of esters is 1. The standard InChI is InChI=1S/C21H24N2O4/c1-14-8-9-19(15(2)12-14)23(16(3)24)11-10-20(25)22-18-7-5-6-17(13-18)21(26)27-4/h5-9,12-13H,10-11H2,1-4H3,(H,22,25). The molecule has 6 nitrogen and oxygen atoms in total. The van der Waals surface area contributed by atoms with Gasteiger partial charge in [0.1, 0.15) is 0 Å². The molecule has 2 aromatic carbocycles. The average Bonchev–Trinajstić information content (AvgIpc) is 2.62. The molecule has 0 fully saturated rings. The molecule has 0 unspecified atom stereocenters. The Bertz CT molecular complexity index is 861. The highest BCUT2D eigenvalue weighted by Crippen LogP contribution is 2.22. The van der Waals surface area contributed by atoms with Crippen molar-refractivity contribution in [2.45, 2.75) is 27.2 Å². The van der Waals surface area contributed by atoms with Crippen LogP contribution in [-0.4, -0.2) is 31.4 Å². The number of anilines is 2. The number of carbonyl (C=O) groups excluding carboxylic acids is 3. The number of nitrogens with one attached hydrogen (secondary N) is 1. The minimum atomic E-state index is -0.469. The zero-order chi connectivity index (χ0) is 20.0. The predicted octanol–water partition coefficient (Wildman–Crippen LogP) is 3.47. The summed E-state index contributed by atoms with van der Waals surface area (Å²) >= 11 is 0. The molecule has 0 radical (unpaired) electrons. The van der Waals surface area contributed by atoms with Crippen molar-refractivity contribution in [2.75, 3.05) is 23.9 Å². The number of nitrogens with zero attached hydrogens (tertiary/aromatic N) is 1. The lowest BCUT2D eigenvalue weighted by Crippen LogP contribution is -2.32. The molecule has 0 aromatic heterocycles. The molecule has 27 heavy (non-hydrogen) atoms. The highest BCUT2D eigenvalue weighted by atomic mass is 16.5. The van der Waals surface area contributed by atoms with Crippen LogP contribution in [0, 0.1) is 13.8 Å². The van der Waals surface area contributed by atoms with E-state index in [1.165, 1.54) is 14.0 Å². The maximum atomic E-state index is 12.3. The molecule has 0 spiro atoms. The minimum Gasteiger partial charge on any atom is -0.465 e. The number of rotatable bonds is 6. The van der Waals surface area contributed by atoms with Crippen LogP contribution >= 0.6 is 0 Å². The smallest absolute Gasteiger partial charge is 0.337 e. The van der Waals surface area contributed by atoms with E-state index in [0.29, 0.717) is 11.3 Å². The summed E-state index contributed by atoms with van der Waals surface area (Å²) in [6, 6.07) is 12.4. The molecule has 2 aromatic rings. The van der Waals surface area contributed by atoms with Gasteiger partial charge >= 0.3 is 5.97 Å². The number of hydrogen-bond acceptors (Lipinski definition) is 4. The fourth-order valence-corrected chi connectivity index (χ4v) is 2.83. The van der Waals surface area contributed by atoms with Crippen molar-refractivity contribution in [3.05, 3.63) is 59.2 Å². The van der Waals surface area contributed by atoms with E-state index in [1.807, 2.05) is 32.0 Å². The van der Waals surface area contributed by atoms with Gasteiger partial charge in [-0.1, -0.05) is 23.8 Å². The second kappa shape index (κ2) is 8.98. The second-order valence-corrected chi connectivity index (χ2v) is 6.33. The van der Waals surface area contributed by atoms with E-state index in [2.05, 4.69) is 10.1 Å². The Kier molecular flexibility index (Phi) is 6.71. The van der Waals surface area contributed by atoms with Crippen molar-refractivity contribution in [3.8, 4) is 0 Å². The summed E-state index contributed by atoms with van der Waals surface area (Å²) in [6.07, 6.45) is 0.134. The molecule has 0 aliphatic rings. The predicted molar refractivity (Wildman–Crippen MR) is 105 cm³/mol. The number of aryl methyl sites for hydroxylation is 2. The second-order valence-electron chi connectivity index (χ2n) is 6.33. The van der Waals surface area contributed by atoms with E-state index >= 15 is 0 Å². The SMILES string of the molecule is COC(=O)c1cccc(NC(=O)CCN(C(C)=O)c2ccc(C)cc2C)c1. The van der Waals surface area contributed by atoms with Crippen LogP contribution in [0.25, 0.3) is 0 Å². The largest absolute Gasteiger partial charge is 0.465 e. The highest BCUT2D eigenvalue weighted by Gasteiger charge is 2.16. The Labute approximate surface area is 159 Å². The molecule has 142 valence electrons. The summed E-state index contributed by atoms with van der Waals surface area (Å²) in [4.78, 5) is 37.5. The number of ether oxygens (including phenoxy) is 1. The van der Waals surface area contributed by atoms with Crippen molar-refractivity contribution in [1.82, 2.24) is 0 Å². The first-order valence-corrected chi connectivity index (χ1v) is 8.65. The Hall–Kier alpha value is -3.15. The quantitative estimate of drug-likeness (QED) is 0.792. The minimum absolute atomic E-state index is 0.123. The topological polar surface area (TPSA) is 75.7 Å². The maximum Gasteiger partial charge on any atom is 0.337 e. The number of benzene rings is 2. The lowest BCUT2D eigenvalue weighted by molar-refractivity contribution is -0.117. The van der Waals surface area contributed by atoms with E-state index in [-0.39, 0.29) is 24.8 Å². The van der Waals surface area contributed by atoms with Gasteiger partial charge in [0.25, 0.3) is 0 Å². The van der Waals surface area contributed by atoms with Gasteiger partial charge < -0.3 is 15.0 Å². The first kappa shape index (κ1) is 20.2. The monoisotopic (exact) mass is 368 g/mol. The number of methoxy groups -OCH3 is 1. The average molecular weight is 368 g/mol. The van der Waals surface area contributed by atoms with Gasteiger partial charge in [0, 0.05) is 31.3 Å². The Morgan fingerprint density at radius 2 is 1.81 bits per heavy atom. The summed E-state index contributed by atoms with van der Waals surface area (Å²) in [5, 5.41) is 2.75. The molecule has 0 atom stereocenters. The van der Waals surface area contributed by atoms with Crippen LogP contribution in [0.1, 0.15) is 34.8 Å². The molecule has 2 rings (SSSR count). The van der Waals surface area contributed by atoms with Crippen LogP contribution in [0.15, 0.2) is 42.5 Å². The van der Waals surface area contributed by atoms with E-state index in [0.717, 1.165) is 16.8 Å². The van der Waals surface area contributed by atoms with Crippen molar-refractivity contribution < 1.29 is 19.1 Å². The van der Waals surface area contributed by atoms with Gasteiger partial charge in [-0.3, -0.25) is 9.59 Å². The Morgan fingerprint density at radius 3 is 2.44 bits per heavy atom. The van der Waals surface area contributed by atoms with Crippen molar-refractivity contribution in [3.63, 3.8) is 0 Å². The highest BCUT2D eigenvalue weighted by molar-refractivity contribution is 5.96. The molecular formula is C21H24N2O4. The van der Waals surface area contributed by atoms with E-state index < -0.39 is 5.97 Å². The molecule has 0 heterocycles. The van der Waals surface area contributed by atoms with Crippen LogP contribution < -0.4 is 10.2 Å². The van der Waals surface area contributed by atoms with Gasteiger partial charge in [0.2, 0.25) is 11.8 Å². The summed E-state index contributed by atoms with van der Waals surface area (Å²) < 4.78 is 4.67. The van der Waals surface area contributed by atoms with Gasteiger partial charge in [-0.25, -0.2) is 4.79 Å². The van der Waals surface area contributed by atoms with Gasteiger partial charge in [-0.05, 0) is 43.7 Å². The molecule has 0 saturated carbocycles. The Morgan fingerprint density at radius 1 is 1.07 bits per heavy atom. The van der Waals surface area contributed by atoms with Crippen LogP contribution in [0.2, 0.25) is 0 Å². The van der Waals surface area contributed by atoms with Crippen molar-refractivity contribution in [1.29, 1.82) is 0 Å². The summed E-state index contributed by atoms with van der Waals surface area (Å²) in [5.41, 5.74) is 3.76. The lowest BCUT2D eigenvalue weighted by Gasteiger charge is -2.23. The first-order chi connectivity index (χ1) is 12.8. The molecule has 0 saturated heterocycles. The molecule has 0 aliphatic carbocycles. The van der Waals surface area contributed by atoms with Crippen molar-refractivity contribution in [2.24, 2.45) is 0 Å². The van der Waals surface area contributed by atoms with Crippen molar-refractivity contribution >= 4 is 29.2 Å². The summed E-state index contributed by atoms with van der Waals surface area (Å²) in [6.45, 7) is 5.68.